The first-order chi connectivity index (χ1) is 6.95. The third kappa shape index (κ3) is 3.23. The maximum Gasteiger partial charge on any atom is 0.0700 e. The van der Waals surface area contributed by atoms with Crippen LogP contribution in [0.2, 0.25) is 0 Å². The summed E-state index contributed by atoms with van der Waals surface area (Å²) in [6.45, 7) is 6.85. The van der Waals surface area contributed by atoms with E-state index in [1.54, 1.807) is 0 Å². The Hall–Kier alpha value is -0.120. The van der Waals surface area contributed by atoms with Gasteiger partial charge >= 0.3 is 0 Å². The highest BCUT2D eigenvalue weighted by molar-refractivity contribution is 4.70. The molecule has 2 fully saturated rings. The van der Waals surface area contributed by atoms with Crippen LogP contribution < -0.4 is 5.32 Å². The molecule has 2 saturated heterocycles. The molecule has 3 heteroatoms. The minimum absolute atomic E-state index is 0.478. The zero-order chi connectivity index (χ0) is 9.64. The van der Waals surface area contributed by atoms with Crippen molar-refractivity contribution in [3.05, 3.63) is 0 Å². The fourth-order valence-electron chi connectivity index (χ4n) is 2.32. The van der Waals surface area contributed by atoms with Gasteiger partial charge in [-0.15, -0.1) is 0 Å². The fraction of sp³-hybridized carbons (Fsp3) is 1.00. The number of hydrogen-bond donors (Lipinski definition) is 1. The average Bonchev–Trinajstić information content (AvgIpc) is 2.72. The number of rotatable bonds is 4. The van der Waals surface area contributed by atoms with Gasteiger partial charge in [-0.05, 0) is 45.3 Å². The van der Waals surface area contributed by atoms with Gasteiger partial charge in [-0.25, -0.2) is 0 Å². The van der Waals surface area contributed by atoms with Gasteiger partial charge in [-0.2, -0.15) is 0 Å². The second kappa shape index (κ2) is 5.69. The summed E-state index contributed by atoms with van der Waals surface area (Å²) in [5, 5.41) is 3.37. The minimum Gasteiger partial charge on any atom is -0.376 e. The largest absolute Gasteiger partial charge is 0.376 e. The van der Waals surface area contributed by atoms with Crippen LogP contribution in [0.4, 0.5) is 0 Å². The van der Waals surface area contributed by atoms with Crippen molar-refractivity contribution in [2.75, 3.05) is 39.3 Å². The second-order valence-corrected chi connectivity index (χ2v) is 4.39. The molecular formula is C11H22N2O. The van der Waals surface area contributed by atoms with E-state index in [2.05, 4.69) is 10.2 Å². The Labute approximate surface area is 86.8 Å². The average molecular weight is 198 g/mol. The van der Waals surface area contributed by atoms with Crippen LogP contribution >= 0.6 is 0 Å². The normalized spacial score (nSPS) is 29.6. The van der Waals surface area contributed by atoms with Crippen molar-refractivity contribution in [1.82, 2.24) is 10.2 Å². The van der Waals surface area contributed by atoms with Crippen LogP contribution in [0.5, 0.6) is 0 Å². The molecule has 0 amide bonds. The van der Waals surface area contributed by atoms with Gasteiger partial charge in [-0.3, -0.25) is 0 Å². The summed E-state index contributed by atoms with van der Waals surface area (Å²) in [5.74, 6) is 0. The van der Waals surface area contributed by atoms with E-state index in [0.717, 1.165) is 19.7 Å². The number of piperidine rings is 1. The SMILES string of the molecule is C1CNC[C@@H](OCCN2CCCC2)C1. The van der Waals surface area contributed by atoms with Crippen molar-refractivity contribution in [3.8, 4) is 0 Å². The number of nitrogens with zero attached hydrogens (tertiary/aromatic N) is 1. The Kier molecular flexibility index (Phi) is 4.22. The summed E-state index contributed by atoms with van der Waals surface area (Å²) in [6.07, 6.45) is 5.75. The molecule has 3 nitrogen and oxygen atoms in total. The van der Waals surface area contributed by atoms with E-state index in [1.807, 2.05) is 0 Å². The maximum atomic E-state index is 5.84. The van der Waals surface area contributed by atoms with E-state index < -0.39 is 0 Å². The molecule has 0 radical (unpaired) electrons. The first-order valence-corrected chi connectivity index (χ1v) is 6.00. The molecule has 1 N–H and O–H groups in total. The Bertz CT molecular complexity index is 151. The molecule has 0 saturated carbocycles. The standard InChI is InChI=1S/C11H22N2O/c1-2-7-13(6-1)8-9-14-11-4-3-5-12-10-11/h11-12H,1-10H2/t11-/m0/s1. The summed E-state index contributed by atoms with van der Waals surface area (Å²) < 4.78 is 5.84. The summed E-state index contributed by atoms with van der Waals surface area (Å²) >= 11 is 0. The third-order valence-electron chi connectivity index (χ3n) is 3.21. The Morgan fingerprint density at radius 3 is 2.79 bits per heavy atom. The van der Waals surface area contributed by atoms with Crippen molar-refractivity contribution in [3.63, 3.8) is 0 Å². The highest BCUT2D eigenvalue weighted by Crippen LogP contribution is 2.08. The second-order valence-electron chi connectivity index (χ2n) is 4.39. The van der Waals surface area contributed by atoms with Crippen LogP contribution in [0.25, 0.3) is 0 Å². The lowest BCUT2D eigenvalue weighted by molar-refractivity contribution is 0.0267. The molecule has 82 valence electrons. The van der Waals surface area contributed by atoms with Gasteiger partial charge in [0.15, 0.2) is 0 Å². The maximum absolute atomic E-state index is 5.84. The monoisotopic (exact) mass is 198 g/mol. The molecule has 0 aromatic carbocycles. The van der Waals surface area contributed by atoms with E-state index in [1.165, 1.54) is 45.3 Å². The lowest BCUT2D eigenvalue weighted by atomic mass is 10.1. The van der Waals surface area contributed by atoms with Gasteiger partial charge in [0.2, 0.25) is 0 Å². The highest BCUT2D eigenvalue weighted by Gasteiger charge is 2.15. The van der Waals surface area contributed by atoms with Gasteiger partial charge < -0.3 is 15.0 Å². The zero-order valence-electron chi connectivity index (χ0n) is 9.00. The zero-order valence-corrected chi connectivity index (χ0v) is 9.00. The van der Waals surface area contributed by atoms with Gasteiger partial charge in [0.05, 0.1) is 12.7 Å². The first-order valence-electron chi connectivity index (χ1n) is 6.00. The van der Waals surface area contributed by atoms with Crippen molar-refractivity contribution in [1.29, 1.82) is 0 Å². The van der Waals surface area contributed by atoms with Gasteiger partial charge in [0.25, 0.3) is 0 Å². The molecular weight excluding hydrogens is 176 g/mol. The molecule has 14 heavy (non-hydrogen) atoms. The Morgan fingerprint density at radius 1 is 1.21 bits per heavy atom. The minimum atomic E-state index is 0.478. The predicted octanol–water partition coefficient (Wildman–Crippen LogP) is 0.851. The molecule has 1 atom stereocenters. The van der Waals surface area contributed by atoms with E-state index in [0.29, 0.717) is 6.10 Å². The van der Waals surface area contributed by atoms with Crippen LogP contribution in [0.15, 0.2) is 0 Å². The molecule has 2 aliphatic rings. The van der Waals surface area contributed by atoms with Crippen molar-refractivity contribution >= 4 is 0 Å². The summed E-state index contributed by atoms with van der Waals surface area (Å²) in [5.41, 5.74) is 0. The van der Waals surface area contributed by atoms with Crippen LogP contribution in [0.3, 0.4) is 0 Å². The van der Waals surface area contributed by atoms with Crippen LogP contribution in [0.1, 0.15) is 25.7 Å². The number of likely N-dealkylation sites (tertiary alicyclic amines) is 1. The van der Waals surface area contributed by atoms with Crippen LogP contribution in [0, 0.1) is 0 Å². The summed E-state index contributed by atoms with van der Waals surface area (Å²) in [4.78, 5) is 2.51. The fourth-order valence-corrected chi connectivity index (χ4v) is 2.32. The summed E-state index contributed by atoms with van der Waals surface area (Å²) in [6, 6.07) is 0. The van der Waals surface area contributed by atoms with Crippen LogP contribution in [-0.4, -0.2) is 50.3 Å². The van der Waals surface area contributed by atoms with Gasteiger partial charge in [-0.1, -0.05) is 0 Å². The lowest BCUT2D eigenvalue weighted by Gasteiger charge is -2.24. The molecule has 2 heterocycles. The molecule has 2 aliphatic heterocycles. The molecule has 0 spiro atoms. The third-order valence-corrected chi connectivity index (χ3v) is 3.21. The molecule has 0 unspecified atom stereocenters. The number of ether oxygens (including phenoxy) is 1. The van der Waals surface area contributed by atoms with E-state index in [4.69, 9.17) is 4.74 Å². The van der Waals surface area contributed by atoms with Crippen molar-refractivity contribution in [2.24, 2.45) is 0 Å². The number of hydrogen-bond acceptors (Lipinski definition) is 3. The quantitative estimate of drug-likeness (QED) is 0.725. The Morgan fingerprint density at radius 2 is 2.07 bits per heavy atom. The van der Waals surface area contributed by atoms with E-state index in [9.17, 15) is 0 Å². The van der Waals surface area contributed by atoms with Crippen molar-refractivity contribution in [2.45, 2.75) is 31.8 Å². The topological polar surface area (TPSA) is 24.5 Å². The molecule has 2 rings (SSSR count). The molecule has 0 aromatic rings. The molecule has 0 bridgehead atoms. The van der Waals surface area contributed by atoms with E-state index >= 15 is 0 Å². The molecule has 0 aliphatic carbocycles. The first kappa shape index (κ1) is 10.4. The highest BCUT2D eigenvalue weighted by atomic mass is 16.5. The van der Waals surface area contributed by atoms with Crippen LogP contribution in [-0.2, 0) is 4.74 Å². The predicted molar refractivity (Wildman–Crippen MR) is 57.5 cm³/mol. The van der Waals surface area contributed by atoms with Gasteiger partial charge in [0, 0.05) is 13.1 Å². The smallest absolute Gasteiger partial charge is 0.0700 e. The Balaban J connectivity index is 1.52. The number of nitrogens with one attached hydrogen (secondary N) is 1. The molecule has 0 aromatic heterocycles. The van der Waals surface area contributed by atoms with Gasteiger partial charge in [0.1, 0.15) is 0 Å². The lowest BCUT2D eigenvalue weighted by Crippen LogP contribution is -2.37. The van der Waals surface area contributed by atoms with E-state index in [-0.39, 0.29) is 0 Å². The summed E-state index contributed by atoms with van der Waals surface area (Å²) in [7, 11) is 0. The van der Waals surface area contributed by atoms with Crippen molar-refractivity contribution < 1.29 is 4.74 Å².